The van der Waals surface area contributed by atoms with Crippen LogP contribution in [-0.2, 0) is 0 Å². The molecule has 0 heterocycles. The van der Waals surface area contributed by atoms with Crippen molar-refractivity contribution in [3.8, 4) is 5.75 Å². The minimum absolute atomic E-state index is 0.288. The van der Waals surface area contributed by atoms with Crippen molar-refractivity contribution in [2.24, 2.45) is 5.41 Å². The molecule has 1 aromatic rings. The first kappa shape index (κ1) is 13.7. The van der Waals surface area contributed by atoms with Crippen molar-refractivity contribution in [3.05, 3.63) is 18.2 Å². The van der Waals surface area contributed by atoms with Crippen LogP contribution >= 0.6 is 0 Å². The molecule has 0 saturated heterocycles. The lowest BCUT2D eigenvalue weighted by molar-refractivity contribution is 0.340. The van der Waals surface area contributed by atoms with E-state index in [4.69, 9.17) is 10.5 Å². The van der Waals surface area contributed by atoms with Crippen molar-refractivity contribution in [1.82, 2.24) is 0 Å². The number of ether oxygens (including phenoxy) is 1. The maximum atomic E-state index is 5.84. The maximum Gasteiger partial charge on any atom is 0.123 e. The van der Waals surface area contributed by atoms with Crippen molar-refractivity contribution in [1.29, 1.82) is 0 Å². The summed E-state index contributed by atoms with van der Waals surface area (Å²) < 4.78 is 5.47. The van der Waals surface area contributed by atoms with Gasteiger partial charge in [-0.15, -0.1) is 0 Å². The second-order valence-corrected chi connectivity index (χ2v) is 5.10. The van der Waals surface area contributed by atoms with E-state index < -0.39 is 0 Å². The van der Waals surface area contributed by atoms with Gasteiger partial charge in [0.05, 0.1) is 6.61 Å². The van der Waals surface area contributed by atoms with Gasteiger partial charge in [0.25, 0.3) is 0 Å². The number of nitrogen functional groups attached to an aromatic ring is 1. The van der Waals surface area contributed by atoms with Gasteiger partial charge >= 0.3 is 0 Å². The smallest absolute Gasteiger partial charge is 0.123 e. The van der Waals surface area contributed by atoms with Crippen LogP contribution in [0.1, 0.15) is 34.1 Å². The monoisotopic (exact) mass is 236 g/mol. The summed E-state index contributed by atoms with van der Waals surface area (Å²) in [6.07, 6.45) is 1.14. The highest BCUT2D eigenvalue weighted by Crippen LogP contribution is 2.25. The molecular weight excluding hydrogens is 212 g/mol. The lowest BCUT2D eigenvalue weighted by Gasteiger charge is -2.23. The number of nitrogens with two attached hydrogens (primary N) is 1. The molecular formula is C14H24N2O. The molecule has 0 bridgehead atoms. The zero-order valence-corrected chi connectivity index (χ0v) is 11.3. The highest BCUT2D eigenvalue weighted by atomic mass is 16.5. The summed E-state index contributed by atoms with van der Waals surface area (Å²) in [6, 6.07) is 5.78. The molecule has 3 N–H and O–H groups in total. The van der Waals surface area contributed by atoms with Gasteiger partial charge in [0.1, 0.15) is 5.75 Å². The quantitative estimate of drug-likeness (QED) is 0.743. The average Bonchev–Trinajstić information content (AvgIpc) is 2.26. The standard InChI is InChI=1S/C14H24N2O/c1-5-14(3,4)10-16-12-7-11(15)8-13(9-12)17-6-2/h7-9,16H,5-6,10,15H2,1-4H3. The predicted octanol–water partition coefficient (Wildman–Crippen LogP) is 3.52. The zero-order chi connectivity index (χ0) is 12.9. The van der Waals surface area contributed by atoms with Crippen molar-refractivity contribution in [2.75, 3.05) is 24.2 Å². The first-order valence-corrected chi connectivity index (χ1v) is 6.24. The molecule has 17 heavy (non-hydrogen) atoms. The Morgan fingerprint density at radius 3 is 2.53 bits per heavy atom. The predicted molar refractivity (Wildman–Crippen MR) is 74.6 cm³/mol. The number of hydrogen-bond donors (Lipinski definition) is 2. The zero-order valence-electron chi connectivity index (χ0n) is 11.3. The van der Waals surface area contributed by atoms with E-state index in [1.165, 1.54) is 0 Å². The van der Waals surface area contributed by atoms with Gasteiger partial charge in [-0.25, -0.2) is 0 Å². The summed E-state index contributed by atoms with van der Waals surface area (Å²) >= 11 is 0. The van der Waals surface area contributed by atoms with E-state index >= 15 is 0 Å². The molecule has 96 valence electrons. The normalized spacial score (nSPS) is 11.3. The third-order valence-corrected chi connectivity index (χ3v) is 2.97. The lowest BCUT2D eigenvalue weighted by Crippen LogP contribution is -2.22. The first-order chi connectivity index (χ1) is 7.96. The second-order valence-electron chi connectivity index (χ2n) is 5.10. The fourth-order valence-electron chi connectivity index (χ4n) is 1.44. The van der Waals surface area contributed by atoms with E-state index in [2.05, 4.69) is 26.1 Å². The van der Waals surface area contributed by atoms with Gasteiger partial charge in [-0.05, 0) is 24.8 Å². The van der Waals surface area contributed by atoms with E-state index in [1.807, 2.05) is 25.1 Å². The van der Waals surface area contributed by atoms with Crippen molar-refractivity contribution in [2.45, 2.75) is 34.1 Å². The number of rotatable bonds is 6. The molecule has 0 aliphatic carbocycles. The molecule has 0 aromatic heterocycles. The summed E-state index contributed by atoms with van der Waals surface area (Å²) in [5.41, 5.74) is 7.88. The molecule has 0 atom stereocenters. The Balaban J connectivity index is 2.70. The molecule has 3 nitrogen and oxygen atoms in total. The lowest BCUT2D eigenvalue weighted by atomic mass is 9.90. The van der Waals surface area contributed by atoms with Crippen LogP contribution in [-0.4, -0.2) is 13.2 Å². The fourth-order valence-corrected chi connectivity index (χ4v) is 1.44. The van der Waals surface area contributed by atoms with Crippen LogP contribution in [0, 0.1) is 5.41 Å². The number of nitrogens with one attached hydrogen (secondary N) is 1. The van der Waals surface area contributed by atoms with E-state index in [-0.39, 0.29) is 5.41 Å². The van der Waals surface area contributed by atoms with Gasteiger partial charge in [0.2, 0.25) is 0 Å². The van der Waals surface area contributed by atoms with Crippen LogP contribution in [0.3, 0.4) is 0 Å². The molecule has 0 unspecified atom stereocenters. The molecule has 0 fully saturated rings. The van der Waals surface area contributed by atoms with Crippen LogP contribution in [0.4, 0.5) is 11.4 Å². The molecule has 0 saturated carbocycles. The van der Waals surface area contributed by atoms with E-state index in [0.29, 0.717) is 6.61 Å². The Morgan fingerprint density at radius 1 is 1.24 bits per heavy atom. The Kier molecular flexibility index (Phi) is 4.67. The minimum Gasteiger partial charge on any atom is -0.494 e. The van der Waals surface area contributed by atoms with E-state index in [1.54, 1.807) is 0 Å². The molecule has 0 radical (unpaired) electrons. The van der Waals surface area contributed by atoms with Crippen LogP contribution in [0.25, 0.3) is 0 Å². The number of hydrogen-bond acceptors (Lipinski definition) is 3. The van der Waals surface area contributed by atoms with Crippen LogP contribution in [0.5, 0.6) is 5.75 Å². The van der Waals surface area contributed by atoms with Gasteiger partial charge < -0.3 is 15.8 Å². The fraction of sp³-hybridized carbons (Fsp3) is 0.571. The van der Waals surface area contributed by atoms with Crippen molar-refractivity contribution in [3.63, 3.8) is 0 Å². The number of anilines is 2. The minimum atomic E-state index is 0.288. The Morgan fingerprint density at radius 2 is 1.94 bits per heavy atom. The Hall–Kier alpha value is -1.38. The third-order valence-electron chi connectivity index (χ3n) is 2.97. The Bertz CT molecular complexity index is 361. The van der Waals surface area contributed by atoms with Gasteiger partial charge in [0.15, 0.2) is 0 Å². The molecule has 0 aliphatic heterocycles. The molecule has 0 amide bonds. The Labute approximate surface area is 104 Å². The van der Waals surface area contributed by atoms with Crippen LogP contribution in [0.15, 0.2) is 18.2 Å². The van der Waals surface area contributed by atoms with E-state index in [9.17, 15) is 0 Å². The van der Waals surface area contributed by atoms with E-state index in [0.717, 1.165) is 30.1 Å². The second kappa shape index (κ2) is 5.80. The van der Waals surface area contributed by atoms with Gasteiger partial charge in [-0.1, -0.05) is 20.8 Å². The SMILES string of the molecule is CCOc1cc(N)cc(NCC(C)(C)CC)c1. The molecule has 1 rings (SSSR count). The highest BCUT2D eigenvalue weighted by Gasteiger charge is 2.14. The topological polar surface area (TPSA) is 47.3 Å². The molecule has 1 aromatic carbocycles. The largest absolute Gasteiger partial charge is 0.494 e. The molecule has 0 spiro atoms. The van der Waals surface area contributed by atoms with Gasteiger partial charge in [0, 0.05) is 30.1 Å². The summed E-state index contributed by atoms with van der Waals surface area (Å²) in [5, 5.41) is 3.42. The average molecular weight is 236 g/mol. The summed E-state index contributed by atoms with van der Waals surface area (Å²) in [5.74, 6) is 0.823. The van der Waals surface area contributed by atoms with Gasteiger partial charge in [-0.2, -0.15) is 0 Å². The molecule has 0 aliphatic rings. The summed E-state index contributed by atoms with van der Waals surface area (Å²) in [6.45, 7) is 10.2. The third kappa shape index (κ3) is 4.55. The van der Waals surface area contributed by atoms with Crippen molar-refractivity contribution < 1.29 is 4.74 Å². The maximum absolute atomic E-state index is 5.84. The van der Waals surface area contributed by atoms with Crippen LogP contribution in [0.2, 0.25) is 0 Å². The van der Waals surface area contributed by atoms with Gasteiger partial charge in [-0.3, -0.25) is 0 Å². The summed E-state index contributed by atoms with van der Waals surface area (Å²) in [4.78, 5) is 0. The molecule has 3 heteroatoms. The number of benzene rings is 1. The first-order valence-electron chi connectivity index (χ1n) is 6.24. The summed E-state index contributed by atoms with van der Waals surface area (Å²) in [7, 11) is 0. The highest BCUT2D eigenvalue weighted by molar-refractivity contribution is 5.59. The van der Waals surface area contributed by atoms with Crippen LogP contribution < -0.4 is 15.8 Å². The van der Waals surface area contributed by atoms with Crippen molar-refractivity contribution >= 4 is 11.4 Å².